The van der Waals surface area contributed by atoms with Gasteiger partial charge in [-0.1, -0.05) is 6.42 Å². The van der Waals surface area contributed by atoms with Gasteiger partial charge in [0.2, 0.25) is 0 Å². The van der Waals surface area contributed by atoms with E-state index >= 15 is 0 Å². The molecule has 3 fully saturated rings. The van der Waals surface area contributed by atoms with Crippen molar-refractivity contribution in [3.8, 4) is 0 Å². The molecule has 0 radical (unpaired) electrons. The molecule has 2 bridgehead atoms. The van der Waals surface area contributed by atoms with E-state index in [4.69, 9.17) is 5.73 Å². The zero-order valence-electron chi connectivity index (χ0n) is 8.63. The fraction of sp³-hybridized carbons (Fsp3) is 1.00. The Bertz CT molecular complexity index is 252. The molecule has 0 aromatic heterocycles. The lowest BCUT2D eigenvalue weighted by Gasteiger charge is -2.54. The minimum atomic E-state index is -0.485. The zero-order valence-corrected chi connectivity index (χ0v) is 8.63. The van der Waals surface area contributed by atoms with Gasteiger partial charge in [0.05, 0.1) is 5.60 Å². The summed E-state index contributed by atoms with van der Waals surface area (Å²) in [7, 11) is 0. The molecule has 14 heavy (non-hydrogen) atoms. The average Bonchev–Trinajstić information content (AvgIpc) is 2.73. The monoisotopic (exact) mass is 196 g/mol. The van der Waals surface area contributed by atoms with Gasteiger partial charge in [0.15, 0.2) is 0 Å². The van der Waals surface area contributed by atoms with Gasteiger partial charge in [-0.2, -0.15) is 0 Å². The maximum Gasteiger partial charge on any atom is 0.0965 e. The number of fused-ring (bicyclic) bond motifs is 2. The Morgan fingerprint density at radius 2 is 2.14 bits per heavy atom. The molecule has 4 N–H and O–H groups in total. The van der Waals surface area contributed by atoms with Crippen LogP contribution in [0, 0.1) is 17.3 Å². The Morgan fingerprint density at radius 1 is 1.36 bits per heavy atom. The van der Waals surface area contributed by atoms with E-state index in [1.165, 1.54) is 25.7 Å². The molecule has 0 spiro atoms. The first-order valence-corrected chi connectivity index (χ1v) is 5.83. The van der Waals surface area contributed by atoms with Gasteiger partial charge in [0, 0.05) is 25.0 Å². The smallest absolute Gasteiger partial charge is 0.0965 e. The molecular weight excluding hydrogens is 176 g/mol. The van der Waals surface area contributed by atoms with Crippen LogP contribution in [0.3, 0.4) is 0 Å². The van der Waals surface area contributed by atoms with Gasteiger partial charge in [-0.25, -0.2) is 0 Å². The van der Waals surface area contributed by atoms with E-state index in [1.54, 1.807) is 0 Å². The fourth-order valence-electron chi connectivity index (χ4n) is 4.17. The van der Waals surface area contributed by atoms with E-state index in [1.807, 2.05) is 0 Å². The van der Waals surface area contributed by atoms with Gasteiger partial charge in [-0.3, -0.25) is 0 Å². The lowest BCUT2D eigenvalue weighted by molar-refractivity contribution is -0.140. The van der Waals surface area contributed by atoms with E-state index < -0.39 is 5.60 Å². The lowest BCUT2D eigenvalue weighted by Crippen LogP contribution is -2.71. The summed E-state index contributed by atoms with van der Waals surface area (Å²) < 4.78 is 0. The van der Waals surface area contributed by atoms with Crippen LogP contribution in [0.1, 0.15) is 25.7 Å². The molecule has 3 nitrogen and oxygen atoms in total. The summed E-state index contributed by atoms with van der Waals surface area (Å²) in [6.45, 7) is 2.19. The number of hydrogen-bond donors (Lipinski definition) is 3. The molecule has 1 aliphatic heterocycles. The third-order valence-electron chi connectivity index (χ3n) is 5.10. The van der Waals surface area contributed by atoms with Crippen molar-refractivity contribution in [3.63, 3.8) is 0 Å². The number of nitrogens with one attached hydrogen (secondary N) is 1. The Hall–Kier alpha value is -0.120. The molecular formula is C11H20N2O. The number of β-amino-alcohol motifs (C(OH)–C–C–N with tert-alkyl or cyclic N) is 1. The molecule has 2 saturated carbocycles. The minimum Gasteiger partial charge on any atom is -0.387 e. The number of rotatable bonds is 2. The van der Waals surface area contributed by atoms with E-state index in [9.17, 15) is 5.11 Å². The van der Waals surface area contributed by atoms with Gasteiger partial charge in [-0.15, -0.1) is 0 Å². The van der Waals surface area contributed by atoms with E-state index in [0.717, 1.165) is 19.0 Å². The van der Waals surface area contributed by atoms with Crippen LogP contribution < -0.4 is 11.1 Å². The summed E-state index contributed by atoms with van der Waals surface area (Å²) in [5.41, 5.74) is 5.54. The molecule has 2 aliphatic carbocycles. The molecule has 0 aromatic rings. The Morgan fingerprint density at radius 3 is 2.50 bits per heavy atom. The van der Waals surface area contributed by atoms with E-state index in [2.05, 4.69) is 5.32 Å². The third-order valence-corrected chi connectivity index (χ3v) is 5.10. The zero-order chi connectivity index (χ0) is 9.81. The van der Waals surface area contributed by atoms with Gasteiger partial charge in [0.1, 0.15) is 0 Å². The van der Waals surface area contributed by atoms with Crippen LogP contribution >= 0.6 is 0 Å². The van der Waals surface area contributed by atoms with Crippen molar-refractivity contribution in [1.82, 2.24) is 5.32 Å². The van der Waals surface area contributed by atoms with Crippen molar-refractivity contribution in [2.24, 2.45) is 23.0 Å². The van der Waals surface area contributed by atoms with Gasteiger partial charge in [-0.05, 0) is 31.1 Å². The van der Waals surface area contributed by atoms with Crippen LogP contribution in [0.5, 0.6) is 0 Å². The molecule has 0 amide bonds. The van der Waals surface area contributed by atoms with Crippen molar-refractivity contribution >= 4 is 0 Å². The van der Waals surface area contributed by atoms with Crippen molar-refractivity contribution in [1.29, 1.82) is 0 Å². The molecule has 3 heteroatoms. The largest absolute Gasteiger partial charge is 0.387 e. The summed E-state index contributed by atoms with van der Waals surface area (Å²) in [4.78, 5) is 0. The summed E-state index contributed by atoms with van der Waals surface area (Å²) in [5, 5.41) is 13.7. The molecule has 3 rings (SSSR count). The van der Waals surface area contributed by atoms with Crippen molar-refractivity contribution < 1.29 is 5.11 Å². The highest BCUT2D eigenvalue weighted by Gasteiger charge is 2.62. The topological polar surface area (TPSA) is 58.3 Å². The maximum absolute atomic E-state index is 10.5. The Labute approximate surface area is 85.1 Å². The van der Waals surface area contributed by atoms with Crippen LogP contribution in [0.4, 0.5) is 0 Å². The highest BCUT2D eigenvalue weighted by atomic mass is 16.3. The molecule has 80 valence electrons. The van der Waals surface area contributed by atoms with Gasteiger partial charge < -0.3 is 16.2 Å². The molecule has 1 saturated heterocycles. The molecule has 0 aromatic carbocycles. The maximum atomic E-state index is 10.5. The standard InChI is InChI=1S/C11H20N2O/c12-5-10(11(14)6-13-7-11)4-8-1-2-9(10)3-8/h8-9,13-14H,1-7,12H2. The average molecular weight is 196 g/mol. The molecule has 3 unspecified atom stereocenters. The van der Waals surface area contributed by atoms with E-state index in [0.29, 0.717) is 12.5 Å². The first-order chi connectivity index (χ1) is 6.70. The predicted molar refractivity (Wildman–Crippen MR) is 54.8 cm³/mol. The minimum absolute atomic E-state index is 0.0567. The van der Waals surface area contributed by atoms with Crippen molar-refractivity contribution in [3.05, 3.63) is 0 Å². The normalized spacial score (nSPS) is 49.3. The van der Waals surface area contributed by atoms with Gasteiger partial charge >= 0.3 is 0 Å². The quantitative estimate of drug-likeness (QED) is 0.586. The summed E-state index contributed by atoms with van der Waals surface area (Å²) in [5.74, 6) is 1.55. The highest BCUT2D eigenvalue weighted by molar-refractivity contribution is 5.15. The van der Waals surface area contributed by atoms with Crippen molar-refractivity contribution in [2.75, 3.05) is 19.6 Å². The summed E-state index contributed by atoms with van der Waals surface area (Å²) in [6, 6.07) is 0. The molecule has 3 atom stereocenters. The summed E-state index contributed by atoms with van der Waals surface area (Å²) >= 11 is 0. The summed E-state index contributed by atoms with van der Waals surface area (Å²) in [6.07, 6.45) is 5.16. The molecule has 1 heterocycles. The third kappa shape index (κ3) is 0.884. The number of nitrogens with two attached hydrogens (primary N) is 1. The number of hydrogen-bond acceptors (Lipinski definition) is 3. The van der Waals surface area contributed by atoms with Crippen molar-refractivity contribution in [2.45, 2.75) is 31.3 Å². The first kappa shape index (κ1) is 9.13. The number of aliphatic hydroxyl groups is 1. The highest BCUT2D eigenvalue weighted by Crippen LogP contribution is 2.60. The van der Waals surface area contributed by atoms with Crippen LogP contribution in [0.2, 0.25) is 0 Å². The van der Waals surface area contributed by atoms with E-state index in [-0.39, 0.29) is 5.41 Å². The predicted octanol–water partition coefficient (Wildman–Crippen LogP) is 0.0858. The second kappa shape index (κ2) is 2.71. The van der Waals surface area contributed by atoms with Gasteiger partial charge in [0.25, 0.3) is 0 Å². The van der Waals surface area contributed by atoms with Crippen LogP contribution in [-0.2, 0) is 0 Å². The second-order valence-corrected chi connectivity index (χ2v) is 5.58. The first-order valence-electron chi connectivity index (χ1n) is 5.83. The molecule has 3 aliphatic rings. The lowest BCUT2D eigenvalue weighted by atomic mass is 9.60. The van der Waals surface area contributed by atoms with Crippen LogP contribution in [0.15, 0.2) is 0 Å². The Kier molecular flexibility index (Phi) is 1.77. The second-order valence-electron chi connectivity index (χ2n) is 5.58. The van der Waals surface area contributed by atoms with Crippen LogP contribution in [0.25, 0.3) is 0 Å². The van der Waals surface area contributed by atoms with Crippen LogP contribution in [-0.4, -0.2) is 30.3 Å². The Balaban J connectivity index is 1.91. The SMILES string of the molecule is NCC1(C2(O)CNC2)CC2CCC1C2. The fourth-order valence-corrected chi connectivity index (χ4v) is 4.17.